The molecule has 0 saturated heterocycles. The largest absolute Gasteiger partial charge is 0.378 e. The van der Waals surface area contributed by atoms with Gasteiger partial charge in [0.1, 0.15) is 0 Å². The second-order valence-corrected chi connectivity index (χ2v) is 6.31. The van der Waals surface area contributed by atoms with Gasteiger partial charge in [-0.05, 0) is 43.4 Å². The van der Waals surface area contributed by atoms with Crippen LogP contribution >= 0.6 is 0 Å². The fourth-order valence-electron chi connectivity index (χ4n) is 2.71. The second kappa shape index (κ2) is 9.83. The highest BCUT2D eigenvalue weighted by Crippen LogP contribution is 2.41. The van der Waals surface area contributed by atoms with E-state index in [0.29, 0.717) is 5.41 Å². The summed E-state index contributed by atoms with van der Waals surface area (Å²) in [4.78, 5) is 0. The van der Waals surface area contributed by atoms with E-state index in [-0.39, 0.29) is 5.60 Å². The first kappa shape index (κ1) is 20.3. The van der Waals surface area contributed by atoms with E-state index in [1.807, 2.05) is 34.8 Å². The van der Waals surface area contributed by atoms with Gasteiger partial charge < -0.3 is 4.74 Å². The Labute approximate surface area is 117 Å². The lowest BCUT2D eigenvalue weighted by atomic mass is 9.71. The Kier molecular flexibility index (Phi) is 11.1. The molecule has 1 nitrogen and oxygen atoms in total. The maximum Gasteiger partial charge on any atom is 0.0684 e. The van der Waals surface area contributed by atoms with Crippen molar-refractivity contribution < 1.29 is 4.74 Å². The molecule has 112 valence electrons. The zero-order valence-electron chi connectivity index (χ0n) is 14.5. The van der Waals surface area contributed by atoms with Crippen molar-refractivity contribution in [3.63, 3.8) is 0 Å². The summed E-state index contributed by atoms with van der Waals surface area (Å²) in [5.74, 6) is 0.901. The van der Waals surface area contributed by atoms with Crippen molar-refractivity contribution in [2.45, 2.75) is 93.1 Å². The van der Waals surface area contributed by atoms with Crippen molar-refractivity contribution in [3.8, 4) is 0 Å². The van der Waals surface area contributed by atoms with Gasteiger partial charge in [-0.3, -0.25) is 0 Å². The summed E-state index contributed by atoms with van der Waals surface area (Å²) >= 11 is 0. The van der Waals surface area contributed by atoms with Crippen molar-refractivity contribution in [3.05, 3.63) is 0 Å². The lowest BCUT2D eigenvalue weighted by Gasteiger charge is -2.42. The number of ether oxygens (including phenoxy) is 1. The van der Waals surface area contributed by atoms with Gasteiger partial charge in [0.2, 0.25) is 0 Å². The number of hydrogen-bond acceptors (Lipinski definition) is 1. The van der Waals surface area contributed by atoms with E-state index in [1.165, 1.54) is 32.1 Å². The molecule has 0 heterocycles. The summed E-state index contributed by atoms with van der Waals surface area (Å²) in [6.07, 6.45) is 6.38. The molecule has 0 aromatic rings. The summed E-state index contributed by atoms with van der Waals surface area (Å²) in [5, 5.41) is 0. The van der Waals surface area contributed by atoms with Gasteiger partial charge in [-0.25, -0.2) is 0 Å². The molecule has 0 atom stereocenters. The Balaban J connectivity index is 0. The summed E-state index contributed by atoms with van der Waals surface area (Å²) in [5.41, 5.74) is 0.571. The molecule has 18 heavy (non-hydrogen) atoms. The van der Waals surface area contributed by atoms with Gasteiger partial charge in [-0.1, -0.05) is 55.4 Å². The molecule has 0 amide bonds. The van der Waals surface area contributed by atoms with Crippen molar-refractivity contribution >= 4 is 0 Å². The van der Waals surface area contributed by atoms with Gasteiger partial charge in [0.25, 0.3) is 0 Å². The molecule has 0 aliphatic heterocycles. The Morgan fingerprint density at radius 2 is 1.39 bits per heavy atom. The van der Waals surface area contributed by atoms with Gasteiger partial charge in [0, 0.05) is 7.11 Å². The minimum Gasteiger partial charge on any atom is -0.378 e. The van der Waals surface area contributed by atoms with E-state index >= 15 is 0 Å². The molecule has 0 bridgehead atoms. The molecular weight excluding hydrogens is 220 g/mol. The molecular formula is C17H38O. The van der Waals surface area contributed by atoms with Crippen molar-refractivity contribution in [1.82, 2.24) is 0 Å². The van der Waals surface area contributed by atoms with Crippen LogP contribution in [-0.2, 0) is 4.74 Å². The predicted octanol–water partition coefficient (Wildman–Crippen LogP) is 6.07. The highest BCUT2D eigenvalue weighted by atomic mass is 16.5. The molecule has 1 fully saturated rings. The van der Waals surface area contributed by atoms with Crippen LogP contribution in [0.3, 0.4) is 0 Å². The van der Waals surface area contributed by atoms with Crippen LogP contribution < -0.4 is 0 Å². The predicted molar refractivity (Wildman–Crippen MR) is 84.1 cm³/mol. The quantitative estimate of drug-likeness (QED) is 0.584. The first-order chi connectivity index (χ1) is 8.37. The van der Waals surface area contributed by atoms with E-state index in [0.717, 1.165) is 5.92 Å². The maximum atomic E-state index is 5.80. The van der Waals surface area contributed by atoms with Crippen LogP contribution in [0.1, 0.15) is 87.5 Å². The Morgan fingerprint density at radius 3 is 1.67 bits per heavy atom. The molecule has 0 aromatic carbocycles. The van der Waals surface area contributed by atoms with Crippen LogP contribution in [0, 0.1) is 11.3 Å². The molecule has 0 unspecified atom stereocenters. The molecule has 0 spiro atoms. The minimum atomic E-state index is 0.185. The van der Waals surface area contributed by atoms with E-state index in [1.54, 1.807) is 0 Å². The first-order valence-electron chi connectivity index (χ1n) is 7.92. The number of methoxy groups -OCH3 is 1. The molecule has 0 aromatic heterocycles. The van der Waals surface area contributed by atoms with Crippen LogP contribution in [0.25, 0.3) is 0 Å². The van der Waals surface area contributed by atoms with Gasteiger partial charge in [0.05, 0.1) is 5.60 Å². The molecule has 0 radical (unpaired) electrons. The monoisotopic (exact) mass is 258 g/mol. The number of rotatable bonds is 2. The topological polar surface area (TPSA) is 9.23 Å². The Hall–Kier alpha value is -0.0400. The molecule has 1 saturated carbocycles. The molecule has 1 rings (SSSR count). The number of hydrogen-bond donors (Lipinski definition) is 0. The zero-order chi connectivity index (χ0) is 14.8. The van der Waals surface area contributed by atoms with E-state index < -0.39 is 0 Å². The van der Waals surface area contributed by atoms with Crippen LogP contribution in [0.2, 0.25) is 0 Å². The fraction of sp³-hybridized carbons (Fsp3) is 1.00. The molecule has 1 aliphatic carbocycles. The Bertz CT molecular complexity index is 171. The summed E-state index contributed by atoms with van der Waals surface area (Å²) in [6.45, 7) is 17.3. The van der Waals surface area contributed by atoms with Crippen LogP contribution in [-0.4, -0.2) is 12.7 Å². The third-order valence-corrected chi connectivity index (χ3v) is 3.47. The average molecular weight is 258 g/mol. The van der Waals surface area contributed by atoms with E-state index in [2.05, 4.69) is 27.7 Å². The normalized spacial score (nSPS) is 27.5. The zero-order valence-corrected chi connectivity index (χ0v) is 14.5. The third kappa shape index (κ3) is 8.13. The first-order valence-corrected chi connectivity index (χ1v) is 7.92. The SMILES string of the molecule is CC.CC.COC1(CC(C)(C)C)CCC(C)CC1. The van der Waals surface area contributed by atoms with Gasteiger partial charge in [-0.2, -0.15) is 0 Å². The lowest BCUT2D eigenvalue weighted by Crippen LogP contribution is -2.39. The Morgan fingerprint density at radius 1 is 1.00 bits per heavy atom. The summed E-state index contributed by atoms with van der Waals surface area (Å²) in [6, 6.07) is 0. The second-order valence-electron chi connectivity index (χ2n) is 6.31. The van der Waals surface area contributed by atoms with Gasteiger partial charge in [-0.15, -0.1) is 0 Å². The van der Waals surface area contributed by atoms with Gasteiger partial charge in [0.15, 0.2) is 0 Å². The average Bonchev–Trinajstić information content (AvgIpc) is 2.36. The molecule has 1 heteroatoms. The maximum absolute atomic E-state index is 5.80. The van der Waals surface area contributed by atoms with Crippen LogP contribution in [0.4, 0.5) is 0 Å². The molecule has 0 N–H and O–H groups in total. The highest BCUT2D eigenvalue weighted by molar-refractivity contribution is 4.89. The third-order valence-electron chi connectivity index (χ3n) is 3.47. The summed E-state index contributed by atoms with van der Waals surface area (Å²) < 4.78 is 5.80. The van der Waals surface area contributed by atoms with Crippen LogP contribution in [0.15, 0.2) is 0 Å². The molecule has 1 aliphatic rings. The highest BCUT2D eigenvalue weighted by Gasteiger charge is 2.37. The van der Waals surface area contributed by atoms with Crippen molar-refractivity contribution in [1.29, 1.82) is 0 Å². The van der Waals surface area contributed by atoms with Gasteiger partial charge >= 0.3 is 0 Å². The fourth-order valence-corrected chi connectivity index (χ4v) is 2.71. The smallest absolute Gasteiger partial charge is 0.0684 e. The standard InChI is InChI=1S/C13H26O.2C2H6/c1-11-6-8-13(14-5,9-7-11)10-12(2,3)4;2*1-2/h11H,6-10H2,1-5H3;2*1-2H3. The lowest BCUT2D eigenvalue weighted by molar-refractivity contribution is -0.0728. The van der Waals surface area contributed by atoms with E-state index in [9.17, 15) is 0 Å². The van der Waals surface area contributed by atoms with Crippen molar-refractivity contribution in [2.24, 2.45) is 11.3 Å². The van der Waals surface area contributed by atoms with Crippen molar-refractivity contribution in [2.75, 3.05) is 7.11 Å². The minimum absolute atomic E-state index is 0.185. The summed E-state index contributed by atoms with van der Waals surface area (Å²) in [7, 11) is 1.89. The van der Waals surface area contributed by atoms with Crippen LogP contribution in [0.5, 0.6) is 0 Å². The van der Waals surface area contributed by atoms with E-state index in [4.69, 9.17) is 4.74 Å².